The molecule has 3 aromatic rings. The van der Waals surface area contributed by atoms with Gasteiger partial charge in [0.05, 0.1) is 15.6 Å². The molecule has 1 aliphatic rings. The molecule has 10 heteroatoms. The van der Waals surface area contributed by atoms with E-state index in [0.717, 1.165) is 49.0 Å². The van der Waals surface area contributed by atoms with Crippen molar-refractivity contribution in [1.82, 2.24) is 29.8 Å². The van der Waals surface area contributed by atoms with Crippen molar-refractivity contribution in [3.8, 4) is 10.6 Å². The van der Waals surface area contributed by atoms with Crippen LogP contribution in [0.4, 0.5) is 17.8 Å². The summed E-state index contributed by atoms with van der Waals surface area (Å²) in [6, 6.07) is 3.70. The highest BCUT2D eigenvalue weighted by atomic mass is 35.5. The van der Waals surface area contributed by atoms with Crippen molar-refractivity contribution in [2.24, 2.45) is 0 Å². The second-order valence-electron chi connectivity index (χ2n) is 6.51. The summed E-state index contributed by atoms with van der Waals surface area (Å²) in [5.41, 5.74) is 0.765. The number of piperazine rings is 1. The predicted octanol–water partition coefficient (Wildman–Crippen LogP) is 3.10. The number of hydrogen-bond acceptors (Lipinski definition) is 9. The van der Waals surface area contributed by atoms with Gasteiger partial charge < -0.3 is 9.80 Å². The van der Waals surface area contributed by atoms with Crippen molar-refractivity contribution in [3.63, 3.8) is 0 Å². The lowest BCUT2D eigenvalue weighted by Gasteiger charge is -2.32. The zero-order chi connectivity index (χ0) is 19.5. The number of aryl methyl sites for hydroxylation is 1. The summed E-state index contributed by atoms with van der Waals surface area (Å²) in [5, 5.41) is 5.75. The van der Waals surface area contributed by atoms with Crippen molar-refractivity contribution >= 4 is 40.8 Å². The molecule has 0 aromatic carbocycles. The monoisotopic (exact) mass is 416 g/mol. The van der Waals surface area contributed by atoms with Crippen molar-refractivity contribution in [2.45, 2.75) is 13.3 Å². The zero-order valence-corrected chi connectivity index (χ0v) is 17.3. The first-order chi connectivity index (χ1) is 13.6. The maximum absolute atomic E-state index is 6.23. The van der Waals surface area contributed by atoms with Crippen LogP contribution >= 0.6 is 22.9 Å². The lowest BCUT2D eigenvalue weighted by atomic mass is 10.3. The lowest BCUT2D eigenvalue weighted by Crippen LogP contribution is -2.45. The largest absolute Gasteiger partial charge is 0.338 e. The molecular formula is C18H21ClN8S. The van der Waals surface area contributed by atoms with E-state index in [9.17, 15) is 0 Å². The van der Waals surface area contributed by atoms with Crippen molar-refractivity contribution in [2.75, 3.05) is 43.4 Å². The minimum absolute atomic E-state index is 0.430. The maximum atomic E-state index is 6.23. The molecule has 0 amide bonds. The van der Waals surface area contributed by atoms with Gasteiger partial charge in [-0.25, -0.2) is 9.97 Å². The van der Waals surface area contributed by atoms with E-state index >= 15 is 0 Å². The van der Waals surface area contributed by atoms with Crippen LogP contribution in [0.3, 0.4) is 0 Å². The van der Waals surface area contributed by atoms with Gasteiger partial charge >= 0.3 is 0 Å². The second kappa shape index (κ2) is 8.34. The van der Waals surface area contributed by atoms with Gasteiger partial charge in [0.2, 0.25) is 17.8 Å². The number of aromatic nitrogens is 5. The van der Waals surface area contributed by atoms with Crippen LogP contribution in [0, 0.1) is 0 Å². The van der Waals surface area contributed by atoms with Gasteiger partial charge in [-0.15, -0.1) is 11.3 Å². The molecule has 1 saturated heterocycles. The highest BCUT2D eigenvalue weighted by Gasteiger charge is 2.18. The normalized spacial score (nSPS) is 15.0. The highest BCUT2D eigenvalue weighted by Crippen LogP contribution is 2.32. The number of halogens is 1. The topological polar surface area (TPSA) is 83.0 Å². The Balaban J connectivity index is 1.59. The van der Waals surface area contributed by atoms with E-state index in [4.69, 9.17) is 11.6 Å². The summed E-state index contributed by atoms with van der Waals surface area (Å²) >= 11 is 7.77. The van der Waals surface area contributed by atoms with E-state index in [0.29, 0.717) is 22.9 Å². The number of nitrogens with zero attached hydrogens (tertiary/aromatic N) is 7. The highest BCUT2D eigenvalue weighted by molar-refractivity contribution is 7.14. The van der Waals surface area contributed by atoms with Gasteiger partial charge in [-0.3, -0.25) is 5.32 Å². The summed E-state index contributed by atoms with van der Waals surface area (Å²) in [5.74, 6) is 2.32. The molecule has 0 radical (unpaired) electrons. The number of nitrogens with one attached hydrogen (secondary N) is 1. The third kappa shape index (κ3) is 4.21. The molecule has 146 valence electrons. The van der Waals surface area contributed by atoms with Gasteiger partial charge in [0.1, 0.15) is 5.82 Å². The predicted molar refractivity (Wildman–Crippen MR) is 113 cm³/mol. The van der Waals surface area contributed by atoms with Crippen LogP contribution in [0.15, 0.2) is 23.7 Å². The molecule has 4 rings (SSSR count). The van der Waals surface area contributed by atoms with E-state index in [1.165, 1.54) is 0 Å². The first-order valence-electron chi connectivity index (χ1n) is 9.14. The molecule has 0 atom stereocenters. The Morgan fingerprint density at radius 3 is 2.61 bits per heavy atom. The van der Waals surface area contributed by atoms with Crippen LogP contribution in [-0.2, 0) is 6.42 Å². The van der Waals surface area contributed by atoms with Gasteiger partial charge in [-0.05, 0) is 24.6 Å². The van der Waals surface area contributed by atoms with Crippen LogP contribution in [0.1, 0.15) is 12.7 Å². The van der Waals surface area contributed by atoms with Gasteiger partial charge in [-0.2, -0.15) is 15.0 Å². The minimum Gasteiger partial charge on any atom is -0.338 e. The smallest absolute Gasteiger partial charge is 0.234 e. The summed E-state index contributed by atoms with van der Waals surface area (Å²) in [7, 11) is 2.12. The van der Waals surface area contributed by atoms with Crippen LogP contribution in [0.2, 0.25) is 5.02 Å². The summed E-state index contributed by atoms with van der Waals surface area (Å²) in [4.78, 5) is 28.0. The first kappa shape index (κ1) is 19.0. The first-order valence-corrected chi connectivity index (χ1v) is 10.4. The minimum atomic E-state index is 0.430. The number of rotatable bonds is 5. The fourth-order valence-corrected chi connectivity index (χ4v) is 4.01. The van der Waals surface area contributed by atoms with Crippen molar-refractivity contribution < 1.29 is 0 Å². The van der Waals surface area contributed by atoms with E-state index in [-0.39, 0.29) is 0 Å². The Morgan fingerprint density at radius 2 is 1.89 bits per heavy atom. The van der Waals surface area contributed by atoms with E-state index in [2.05, 4.69) is 47.1 Å². The molecule has 28 heavy (non-hydrogen) atoms. The van der Waals surface area contributed by atoms with Crippen LogP contribution in [0.5, 0.6) is 0 Å². The maximum Gasteiger partial charge on any atom is 0.234 e. The molecule has 1 N–H and O–H groups in total. The van der Waals surface area contributed by atoms with Gasteiger partial charge in [0, 0.05) is 38.8 Å². The molecule has 1 fully saturated rings. The molecule has 1 aliphatic heterocycles. The number of hydrogen-bond donors (Lipinski definition) is 1. The fraction of sp³-hybridized carbons (Fsp3) is 0.389. The van der Waals surface area contributed by atoms with Crippen LogP contribution in [-0.4, -0.2) is 63.0 Å². The van der Waals surface area contributed by atoms with Crippen LogP contribution in [0.25, 0.3) is 10.6 Å². The zero-order valence-electron chi connectivity index (χ0n) is 15.8. The Bertz CT molecular complexity index is 954. The molecule has 3 aromatic heterocycles. The Hall–Kier alpha value is -2.36. The third-order valence-electron chi connectivity index (χ3n) is 4.50. The number of likely N-dealkylation sites (N-methyl/N-ethyl adjacent to an activating group) is 1. The summed E-state index contributed by atoms with van der Waals surface area (Å²) in [6.45, 7) is 5.80. The SMILES string of the molecule is CCc1nc(Nc2nccc(-c3sccc3Cl)n2)nc(N2CCN(C)CC2)n1. The van der Waals surface area contributed by atoms with Gasteiger partial charge in [0.15, 0.2) is 0 Å². The molecule has 0 unspecified atom stereocenters. The van der Waals surface area contributed by atoms with E-state index in [1.54, 1.807) is 17.5 Å². The number of anilines is 3. The summed E-state index contributed by atoms with van der Waals surface area (Å²) < 4.78 is 0. The average Bonchev–Trinajstić information content (AvgIpc) is 3.14. The van der Waals surface area contributed by atoms with Crippen LogP contribution < -0.4 is 10.2 Å². The molecule has 0 spiro atoms. The van der Waals surface area contributed by atoms with Gasteiger partial charge in [0.25, 0.3) is 0 Å². The Labute approximate surface area is 172 Å². The summed E-state index contributed by atoms with van der Waals surface area (Å²) in [6.07, 6.45) is 2.42. The molecular weight excluding hydrogens is 396 g/mol. The molecule has 0 saturated carbocycles. The fourth-order valence-electron chi connectivity index (χ4n) is 2.89. The van der Waals surface area contributed by atoms with Gasteiger partial charge in [-0.1, -0.05) is 18.5 Å². The standard InChI is InChI=1S/C18H21ClN8S/c1-3-14-22-17(25-18(23-14)27-9-7-26(2)8-10-27)24-16-20-6-4-13(21-16)15-12(19)5-11-28-15/h4-6,11H,3,7-10H2,1-2H3,(H,20,21,22,23,24,25). The van der Waals surface area contributed by atoms with E-state index < -0.39 is 0 Å². The number of thiophene rings is 1. The van der Waals surface area contributed by atoms with Crippen molar-refractivity contribution in [3.05, 3.63) is 34.6 Å². The average molecular weight is 417 g/mol. The molecule has 0 aliphatic carbocycles. The third-order valence-corrected chi connectivity index (χ3v) is 5.87. The lowest BCUT2D eigenvalue weighted by molar-refractivity contribution is 0.311. The Kier molecular flexibility index (Phi) is 5.65. The molecule has 4 heterocycles. The second-order valence-corrected chi connectivity index (χ2v) is 7.83. The van der Waals surface area contributed by atoms with Crippen molar-refractivity contribution in [1.29, 1.82) is 0 Å². The molecule has 8 nitrogen and oxygen atoms in total. The van der Waals surface area contributed by atoms with E-state index in [1.807, 2.05) is 24.4 Å². The molecule has 0 bridgehead atoms. The Morgan fingerprint density at radius 1 is 1.07 bits per heavy atom. The quantitative estimate of drug-likeness (QED) is 0.679.